The Hall–Kier alpha value is -1.03. The lowest BCUT2D eigenvalue weighted by Gasteiger charge is -2.26. The molecule has 0 bridgehead atoms. The second-order valence-electron chi connectivity index (χ2n) is 6.42. The molecule has 20 heavy (non-hydrogen) atoms. The SMILES string of the molecule is C=C[C@H]1C[C@@H](CCCCCC)ON1C(=O)OC(C)(C)C. The lowest BCUT2D eigenvalue weighted by molar-refractivity contribution is -0.146. The van der Waals surface area contributed by atoms with Crippen molar-refractivity contribution in [2.45, 2.75) is 84.0 Å². The maximum Gasteiger partial charge on any atom is 0.435 e. The fourth-order valence-electron chi connectivity index (χ4n) is 2.29. The van der Waals surface area contributed by atoms with E-state index in [-0.39, 0.29) is 12.1 Å². The summed E-state index contributed by atoms with van der Waals surface area (Å²) in [7, 11) is 0. The first-order valence-corrected chi connectivity index (χ1v) is 7.69. The molecule has 0 aliphatic carbocycles. The Kier molecular flexibility index (Phi) is 6.53. The standard InChI is InChI=1S/C16H29NO3/c1-6-8-9-10-11-14-12-13(7-2)17(20-14)15(18)19-16(3,4)5/h7,13-14H,2,6,8-12H2,1,3-5H3/t13-,14+/m0/s1. The van der Waals surface area contributed by atoms with E-state index >= 15 is 0 Å². The number of unbranched alkanes of at least 4 members (excludes halogenated alkanes) is 3. The summed E-state index contributed by atoms with van der Waals surface area (Å²) in [4.78, 5) is 17.8. The molecule has 0 N–H and O–H groups in total. The van der Waals surface area contributed by atoms with Crippen LogP contribution in [0.4, 0.5) is 4.79 Å². The molecule has 4 heteroatoms. The molecule has 0 radical (unpaired) electrons. The Morgan fingerprint density at radius 2 is 2.10 bits per heavy atom. The van der Waals surface area contributed by atoms with Crippen molar-refractivity contribution in [2.24, 2.45) is 0 Å². The molecular formula is C16H29NO3. The number of nitrogens with zero attached hydrogens (tertiary/aromatic N) is 1. The van der Waals surface area contributed by atoms with E-state index in [9.17, 15) is 4.79 Å². The molecule has 0 unspecified atom stereocenters. The monoisotopic (exact) mass is 283 g/mol. The molecule has 4 nitrogen and oxygen atoms in total. The lowest BCUT2D eigenvalue weighted by atomic mass is 10.0. The summed E-state index contributed by atoms with van der Waals surface area (Å²) < 4.78 is 5.36. The molecule has 0 aromatic carbocycles. The first kappa shape index (κ1) is 17.0. The molecule has 1 aliphatic heterocycles. The minimum atomic E-state index is -0.509. The van der Waals surface area contributed by atoms with E-state index in [2.05, 4.69) is 13.5 Å². The lowest BCUT2D eigenvalue weighted by Crippen LogP contribution is -2.38. The molecule has 1 fully saturated rings. The molecule has 0 spiro atoms. The first-order chi connectivity index (χ1) is 9.37. The molecule has 0 aromatic heterocycles. The molecule has 2 atom stereocenters. The zero-order chi connectivity index (χ0) is 15.2. The second-order valence-corrected chi connectivity index (χ2v) is 6.42. The predicted molar refractivity (Wildman–Crippen MR) is 80.3 cm³/mol. The first-order valence-electron chi connectivity index (χ1n) is 7.69. The van der Waals surface area contributed by atoms with Crippen LogP contribution in [-0.2, 0) is 9.57 Å². The average Bonchev–Trinajstić information content (AvgIpc) is 2.76. The summed E-state index contributed by atoms with van der Waals surface area (Å²) in [6.07, 6.45) is 8.10. The number of hydroxylamine groups is 2. The van der Waals surface area contributed by atoms with Crippen LogP contribution in [0, 0.1) is 0 Å². The van der Waals surface area contributed by atoms with Gasteiger partial charge in [-0.25, -0.2) is 4.79 Å². The molecule has 1 rings (SSSR count). The number of carbonyl (C=O) groups is 1. The van der Waals surface area contributed by atoms with E-state index in [1.807, 2.05) is 20.8 Å². The van der Waals surface area contributed by atoms with Gasteiger partial charge in [0.2, 0.25) is 0 Å². The Labute approximate surface area is 123 Å². The van der Waals surface area contributed by atoms with Gasteiger partial charge in [-0.1, -0.05) is 38.7 Å². The van der Waals surface area contributed by atoms with Gasteiger partial charge in [-0.15, -0.1) is 6.58 Å². The zero-order valence-electron chi connectivity index (χ0n) is 13.4. The van der Waals surface area contributed by atoms with Gasteiger partial charge in [0, 0.05) is 6.42 Å². The second kappa shape index (κ2) is 7.67. The van der Waals surface area contributed by atoms with Crippen LogP contribution >= 0.6 is 0 Å². The molecule has 1 saturated heterocycles. The summed E-state index contributed by atoms with van der Waals surface area (Å²) in [5.74, 6) is 0. The van der Waals surface area contributed by atoms with Gasteiger partial charge in [0.15, 0.2) is 0 Å². The number of hydrogen-bond acceptors (Lipinski definition) is 3. The third-order valence-corrected chi connectivity index (χ3v) is 3.29. The normalized spacial score (nSPS) is 22.9. The Morgan fingerprint density at radius 1 is 1.40 bits per heavy atom. The number of amides is 1. The molecule has 0 aromatic rings. The van der Waals surface area contributed by atoms with Crippen molar-refractivity contribution in [1.82, 2.24) is 5.06 Å². The van der Waals surface area contributed by atoms with Gasteiger partial charge in [0.05, 0.1) is 12.1 Å². The van der Waals surface area contributed by atoms with Gasteiger partial charge in [-0.3, -0.25) is 4.84 Å². The fourth-order valence-corrected chi connectivity index (χ4v) is 2.29. The summed E-state index contributed by atoms with van der Waals surface area (Å²) in [6, 6.07) is -0.0824. The molecular weight excluding hydrogens is 254 g/mol. The van der Waals surface area contributed by atoms with Crippen LogP contribution in [0.2, 0.25) is 0 Å². The topological polar surface area (TPSA) is 38.8 Å². The highest BCUT2D eigenvalue weighted by Crippen LogP contribution is 2.27. The number of hydrogen-bond donors (Lipinski definition) is 0. The van der Waals surface area contributed by atoms with E-state index in [1.165, 1.54) is 24.3 Å². The van der Waals surface area contributed by atoms with Crippen LogP contribution in [0.1, 0.15) is 66.2 Å². The van der Waals surface area contributed by atoms with Crippen LogP contribution in [-0.4, -0.2) is 28.9 Å². The quantitative estimate of drug-likeness (QED) is 0.534. The number of carbonyl (C=O) groups excluding carboxylic acids is 1. The van der Waals surface area contributed by atoms with Crippen molar-refractivity contribution in [3.8, 4) is 0 Å². The Morgan fingerprint density at radius 3 is 2.65 bits per heavy atom. The van der Waals surface area contributed by atoms with Gasteiger partial charge < -0.3 is 4.74 Å². The minimum Gasteiger partial charge on any atom is -0.442 e. The van der Waals surface area contributed by atoms with E-state index in [0.717, 1.165) is 19.3 Å². The zero-order valence-corrected chi connectivity index (χ0v) is 13.4. The highest BCUT2D eigenvalue weighted by molar-refractivity contribution is 5.67. The van der Waals surface area contributed by atoms with Crippen LogP contribution in [0.3, 0.4) is 0 Å². The number of ether oxygens (including phenoxy) is 1. The van der Waals surface area contributed by atoms with Crippen LogP contribution in [0.25, 0.3) is 0 Å². The van der Waals surface area contributed by atoms with Gasteiger partial charge in [-0.05, 0) is 27.2 Å². The Bertz CT molecular complexity index is 322. The summed E-state index contributed by atoms with van der Waals surface area (Å²) in [5.41, 5.74) is -0.509. The van der Waals surface area contributed by atoms with Crippen LogP contribution < -0.4 is 0 Å². The van der Waals surface area contributed by atoms with Crippen molar-refractivity contribution in [2.75, 3.05) is 0 Å². The summed E-state index contributed by atoms with van der Waals surface area (Å²) in [6.45, 7) is 11.5. The highest BCUT2D eigenvalue weighted by atomic mass is 16.7. The smallest absolute Gasteiger partial charge is 0.435 e. The number of rotatable bonds is 6. The maximum absolute atomic E-state index is 12.1. The fraction of sp³-hybridized carbons (Fsp3) is 0.812. The van der Waals surface area contributed by atoms with E-state index in [0.29, 0.717) is 0 Å². The van der Waals surface area contributed by atoms with Crippen molar-refractivity contribution in [3.05, 3.63) is 12.7 Å². The molecule has 1 heterocycles. The average molecular weight is 283 g/mol. The van der Waals surface area contributed by atoms with Gasteiger partial charge in [0.1, 0.15) is 5.60 Å². The summed E-state index contributed by atoms with van der Waals surface area (Å²) >= 11 is 0. The van der Waals surface area contributed by atoms with Gasteiger partial charge in [-0.2, -0.15) is 5.06 Å². The predicted octanol–water partition coefficient (Wildman–Crippen LogP) is 4.45. The van der Waals surface area contributed by atoms with Gasteiger partial charge >= 0.3 is 6.09 Å². The van der Waals surface area contributed by atoms with Crippen LogP contribution in [0.15, 0.2) is 12.7 Å². The summed E-state index contributed by atoms with van der Waals surface area (Å²) in [5, 5.41) is 1.35. The van der Waals surface area contributed by atoms with Crippen molar-refractivity contribution in [1.29, 1.82) is 0 Å². The molecule has 116 valence electrons. The third kappa shape index (κ3) is 5.53. The van der Waals surface area contributed by atoms with Crippen molar-refractivity contribution >= 4 is 6.09 Å². The van der Waals surface area contributed by atoms with Crippen LogP contribution in [0.5, 0.6) is 0 Å². The van der Waals surface area contributed by atoms with E-state index in [4.69, 9.17) is 9.57 Å². The highest BCUT2D eigenvalue weighted by Gasteiger charge is 2.37. The van der Waals surface area contributed by atoms with Crippen molar-refractivity contribution in [3.63, 3.8) is 0 Å². The molecule has 1 aliphatic rings. The maximum atomic E-state index is 12.1. The molecule has 0 saturated carbocycles. The third-order valence-electron chi connectivity index (χ3n) is 3.29. The van der Waals surface area contributed by atoms with Gasteiger partial charge in [0.25, 0.3) is 0 Å². The Balaban J connectivity index is 2.47. The minimum absolute atomic E-state index is 0.0824. The van der Waals surface area contributed by atoms with E-state index < -0.39 is 11.7 Å². The van der Waals surface area contributed by atoms with E-state index in [1.54, 1.807) is 6.08 Å². The van der Waals surface area contributed by atoms with Crippen molar-refractivity contribution < 1.29 is 14.4 Å². The molecule has 1 amide bonds. The largest absolute Gasteiger partial charge is 0.442 e.